The molecule has 0 bridgehead atoms. The molecule has 122 valence electrons. The van der Waals surface area contributed by atoms with Crippen molar-refractivity contribution >= 4 is 17.5 Å². The molecule has 1 N–H and O–H groups in total. The van der Waals surface area contributed by atoms with E-state index in [9.17, 15) is 9.59 Å². The van der Waals surface area contributed by atoms with Crippen LogP contribution in [0.3, 0.4) is 0 Å². The van der Waals surface area contributed by atoms with Gasteiger partial charge in [-0.2, -0.15) is 0 Å². The fourth-order valence-electron chi connectivity index (χ4n) is 3.28. The molecule has 1 heterocycles. The van der Waals surface area contributed by atoms with Gasteiger partial charge in [0, 0.05) is 30.8 Å². The first kappa shape index (κ1) is 15.8. The Bertz CT molecular complexity index is 604. The van der Waals surface area contributed by atoms with Crippen LogP contribution in [0.15, 0.2) is 35.9 Å². The maximum absolute atomic E-state index is 12.2. The molecule has 4 heteroatoms. The molecule has 1 aliphatic heterocycles. The molecule has 0 atom stereocenters. The van der Waals surface area contributed by atoms with Crippen LogP contribution >= 0.6 is 0 Å². The summed E-state index contributed by atoms with van der Waals surface area (Å²) in [4.78, 5) is 25.7. The first-order valence-electron chi connectivity index (χ1n) is 8.60. The van der Waals surface area contributed by atoms with Crippen molar-refractivity contribution in [3.63, 3.8) is 0 Å². The van der Waals surface area contributed by atoms with E-state index in [1.54, 1.807) is 17.0 Å². The highest BCUT2D eigenvalue weighted by Gasteiger charge is 2.21. The number of nitrogens with one attached hydrogen (secondary N) is 1. The van der Waals surface area contributed by atoms with E-state index in [1.807, 2.05) is 12.1 Å². The van der Waals surface area contributed by atoms with E-state index in [1.165, 1.54) is 31.3 Å². The van der Waals surface area contributed by atoms with Crippen molar-refractivity contribution in [2.45, 2.75) is 44.9 Å². The number of benzene rings is 1. The van der Waals surface area contributed by atoms with Crippen molar-refractivity contribution in [3.05, 3.63) is 41.5 Å². The molecule has 1 fully saturated rings. The van der Waals surface area contributed by atoms with Gasteiger partial charge in [0.15, 0.2) is 0 Å². The van der Waals surface area contributed by atoms with Gasteiger partial charge in [0.1, 0.15) is 0 Å². The summed E-state index contributed by atoms with van der Waals surface area (Å²) >= 11 is 0. The second kappa shape index (κ2) is 7.44. The maximum Gasteiger partial charge on any atom is 0.251 e. The lowest BCUT2D eigenvalue weighted by Crippen LogP contribution is -2.26. The second-order valence-electron chi connectivity index (χ2n) is 6.31. The molecule has 0 saturated carbocycles. The van der Waals surface area contributed by atoms with Crippen LogP contribution in [0.25, 0.3) is 0 Å². The molecule has 2 amide bonds. The zero-order valence-electron chi connectivity index (χ0n) is 13.5. The van der Waals surface area contributed by atoms with Gasteiger partial charge in [0.25, 0.3) is 5.91 Å². The van der Waals surface area contributed by atoms with Crippen LogP contribution in [0, 0.1) is 0 Å². The Morgan fingerprint density at radius 1 is 1.09 bits per heavy atom. The lowest BCUT2D eigenvalue weighted by molar-refractivity contribution is -0.117. The van der Waals surface area contributed by atoms with Gasteiger partial charge in [-0.1, -0.05) is 11.6 Å². The quantitative estimate of drug-likeness (QED) is 0.847. The summed E-state index contributed by atoms with van der Waals surface area (Å²) in [7, 11) is 0. The molecule has 4 nitrogen and oxygen atoms in total. The predicted molar refractivity (Wildman–Crippen MR) is 91.5 cm³/mol. The van der Waals surface area contributed by atoms with Gasteiger partial charge in [0.05, 0.1) is 0 Å². The molecular weight excluding hydrogens is 288 g/mol. The van der Waals surface area contributed by atoms with Crippen molar-refractivity contribution in [1.29, 1.82) is 0 Å². The van der Waals surface area contributed by atoms with Crippen molar-refractivity contribution < 1.29 is 9.59 Å². The molecule has 2 aliphatic rings. The number of carbonyl (C=O) groups is 2. The van der Waals surface area contributed by atoms with Crippen molar-refractivity contribution in [1.82, 2.24) is 5.32 Å². The van der Waals surface area contributed by atoms with Gasteiger partial charge in [-0.25, -0.2) is 0 Å². The molecule has 1 saturated heterocycles. The highest BCUT2D eigenvalue weighted by Crippen LogP contribution is 2.22. The lowest BCUT2D eigenvalue weighted by atomic mass is 9.97. The van der Waals surface area contributed by atoms with Crippen LogP contribution in [-0.4, -0.2) is 24.9 Å². The summed E-state index contributed by atoms with van der Waals surface area (Å²) in [6, 6.07) is 7.33. The van der Waals surface area contributed by atoms with Crippen LogP contribution in [-0.2, 0) is 4.79 Å². The number of nitrogens with zero attached hydrogens (tertiary/aromatic N) is 1. The average Bonchev–Trinajstić information content (AvgIpc) is 3.02. The number of rotatable bonds is 5. The van der Waals surface area contributed by atoms with Crippen molar-refractivity contribution in [2.24, 2.45) is 0 Å². The molecule has 0 unspecified atom stereocenters. The van der Waals surface area contributed by atoms with E-state index >= 15 is 0 Å². The lowest BCUT2D eigenvalue weighted by Gasteiger charge is -2.16. The number of carbonyl (C=O) groups excluding carboxylic acids is 2. The Balaban J connectivity index is 1.51. The Kier molecular flexibility index (Phi) is 5.11. The topological polar surface area (TPSA) is 49.4 Å². The van der Waals surface area contributed by atoms with Crippen LogP contribution in [0.5, 0.6) is 0 Å². The highest BCUT2D eigenvalue weighted by atomic mass is 16.2. The van der Waals surface area contributed by atoms with Crippen LogP contribution < -0.4 is 10.2 Å². The maximum atomic E-state index is 12.2. The zero-order valence-corrected chi connectivity index (χ0v) is 13.5. The third kappa shape index (κ3) is 4.01. The molecule has 0 aromatic heterocycles. The number of hydrogen-bond donors (Lipinski definition) is 1. The number of hydrogen-bond acceptors (Lipinski definition) is 2. The minimum atomic E-state index is -0.0410. The third-order valence-electron chi connectivity index (χ3n) is 4.63. The van der Waals surface area contributed by atoms with Crippen LogP contribution in [0.1, 0.15) is 55.3 Å². The molecular formula is C19H24N2O2. The van der Waals surface area contributed by atoms with Gasteiger partial charge in [-0.15, -0.1) is 0 Å². The van der Waals surface area contributed by atoms with Crippen molar-refractivity contribution in [3.8, 4) is 0 Å². The van der Waals surface area contributed by atoms with E-state index in [0.717, 1.165) is 25.1 Å². The number of anilines is 1. The fourth-order valence-corrected chi connectivity index (χ4v) is 3.28. The van der Waals surface area contributed by atoms with Gasteiger partial charge >= 0.3 is 0 Å². The molecule has 0 radical (unpaired) electrons. The standard InChI is InChI=1S/C19H24N2O2/c22-18-7-4-14-21(18)17-10-8-16(9-11-17)19(23)20-13-12-15-5-2-1-3-6-15/h5,8-11H,1-4,6-7,12-14H2,(H,20,23). The Morgan fingerprint density at radius 2 is 1.91 bits per heavy atom. The summed E-state index contributed by atoms with van der Waals surface area (Å²) in [5.74, 6) is 0.128. The van der Waals surface area contributed by atoms with E-state index in [0.29, 0.717) is 18.5 Å². The molecule has 1 aromatic carbocycles. The van der Waals surface area contributed by atoms with Crippen LogP contribution in [0.2, 0.25) is 0 Å². The predicted octanol–water partition coefficient (Wildman–Crippen LogP) is 3.43. The minimum absolute atomic E-state index is 0.0410. The molecule has 23 heavy (non-hydrogen) atoms. The Morgan fingerprint density at radius 3 is 2.57 bits per heavy atom. The SMILES string of the molecule is O=C(NCCC1=CCCCC1)c1ccc(N2CCCC2=O)cc1. The van der Waals surface area contributed by atoms with E-state index < -0.39 is 0 Å². The molecule has 1 aliphatic carbocycles. The van der Waals surface area contributed by atoms with Gasteiger partial charge in [0.2, 0.25) is 5.91 Å². The molecule has 3 rings (SSSR count). The number of amides is 2. The Labute approximate surface area is 137 Å². The van der Waals surface area contributed by atoms with Gasteiger partial charge in [-0.3, -0.25) is 9.59 Å². The zero-order chi connectivity index (χ0) is 16.1. The monoisotopic (exact) mass is 312 g/mol. The van der Waals surface area contributed by atoms with E-state index in [-0.39, 0.29) is 11.8 Å². The Hall–Kier alpha value is -2.10. The largest absolute Gasteiger partial charge is 0.352 e. The average molecular weight is 312 g/mol. The van der Waals surface area contributed by atoms with Gasteiger partial charge in [-0.05, 0) is 62.8 Å². The second-order valence-corrected chi connectivity index (χ2v) is 6.31. The van der Waals surface area contributed by atoms with E-state index in [4.69, 9.17) is 0 Å². The fraction of sp³-hybridized carbons (Fsp3) is 0.474. The third-order valence-corrected chi connectivity index (χ3v) is 4.63. The normalized spacial score (nSPS) is 18.0. The summed E-state index contributed by atoms with van der Waals surface area (Å²) in [6.07, 6.45) is 9.73. The summed E-state index contributed by atoms with van der Waals surface area (Å²) in [5, 5.41) is 2.98. The summed E-state index contributed by atoms with van der Waals surface area (Å²) < 4.78 is 0. The minimum Gasteiger partial charge on any atom is -0.352 e. The first-order valence-corrected chi connectivity index (χ1v) is 8.60. The molecule has 1 aromatic rings. The molecule has 0 spiro atoms. The first-order chi connectivity index (χ1) is 11.2. The summed E-state index contributed by atoms with van der Waals surface area (Å²) in [5.41, 5.74) is 3.01. The van der Waals surface area contributed by atoms with E-state index in [2.05, 4.69) is 11.4 Å². The summed E-state index contributed by atoms with van der Waals surface area (Å²) in [6.45, 7) is 1.47. The van der Waals surface area contributed by atoms with Crippen molar-refractivity contribution in [2.75, 3.05) is 18.0 Å². The van der Waals surface area contributed by atoms with Gasteiger partial charge < -0.3 is 10.2 Å². The van der Waals surface area contributed by atoms with Crippen LogP contribution in [0.4, 0.5) is 5.69 Å². The number of allylic oxidation sites excluding steroid dienone is 1. The smallest absolute Gasteiger partial charge is 0.251 e. The highest BCUT2D eigenvalue weighted by molar-refractivity contribution is 5.97.